The van der Waals surface area contributed by atoms with Crippen LogP contribution in [-0.4, -0.2) is 25.3 Å². The van der Waals surface area contributed by atoms with E-state index in [1.165, 1.54) is 0 Å². The minimum absolute atomic E-state index is 0.177. The number of carbonyl (C=O) groups excluding carboxylic acids is 2. The van der Waals surface area contributed by atoms with Crippen molar-refractivity contribution in [3.63, 3.8) is 0 Å². The molecule has 0 saturated carbocycles. The second kappa shape index (κ2) is 10.4. The van der Waals surface area contributed by atoms with E-state index in [1.54, 1.807) is 24.3 Å². The monoisotopic (exact) mass is 365 g/mol. The van der Waals surface area contributed by atoms with Crippen molar-refractivity contribution in [2.24, 2.45) is 0 Å². The van der Waals surface area contributed by atoms with Gasteiger partial charge in [0, 0.05) is 6.08 Å². The lowest BCUT2D eigenvalue weighted by Crippen LogP contribution is -2.12. The second-order valence-electron chi connectivity index (χ2n) is 5.46. The number of benzene rings is 2. The van der Waals surface area contributed by atoms with Crippen LogP contribution < -0.4 is 4.74 Å². The Labute approximate surface area is 157 Å². The standard InChI is InChI=1S/C21H19NO5/c1-3-20(23)25-14-4-5-15-26-21(24)27-19-12-8-17(9-13-19)16-6-10-18(22-2)11-7-16/h3,6-13H,1,4-5,14-15H2. The summed E-state index contributed by atoms with van der Waals surface area (Å²) in [5, 5.41) is 0. The lowest BCUT2D eigenvalue weighted by atomic mass is 10.1. The molecular formula is C21H19NO5. The van der Waals surface area contributed by atoms with Crippen molar-refractivity contribution in [1.82, 2.24) is 0 Å². The molecule has 0 spiro atoms. The van der Waals surface area contributed by atoms with E-state index in [9.17, 15) is 9.59 Å². The highest BCUT2D eigenvalue weighted by Crippen LogP contribution is 2.24. The van der Waals surface area contributed by atoms with Crippen molar-refractivity contribution in [2.75, 3.05) is 13.2 Å². The third kappa shape index (κ3) is 6.67. The fourth-order valence-electron chi connectivity index (χ4n) is 2.16. The molecule has 0 bridgehead atoms. The molecular weight excluding hydrogens is 346 g/mol. The van der Waals surface area contributed by atoms with Crippen molar-refractivity contribution in [2.45, 2.75) is 12.8 Å². The summed E-state index contributed by atoms with van der Waals surface area (Å²) < 4.78 is 14.9. The first-order valence-corrected chi connectivity index (χ1v) is 8.34. The van der Waals surface area contributed by atoms with Crippen molar-refractivity contribution < 1.29 is 23.8 Å². The van der Waals surface area contributed by atoms with Gasteiger partial charge in [-0.05, 0) is 36.1 Å². The van der Waals surface area contributed by atoms with Crippen LogP contribution in [0.1, 0.15) is 12.8 Å². The van der Waals surface area contributed by atoms with Gasteiger partial charge in [0.25, 0.3) is 0 Å². The predicted octanol–water partition coefficient (Wildman–Crippen LogP) is 4.93. The van der Waals surface area contributed by atoms with E-state index in [4.69, 9.17) is 20.8 Å². The molecule has 6 nitrogen and oxygen atoms in total. The first kappa shape index (κ1) is 19.7. The summed E-state index contributed by atoms with van der Waals surface area (Å²) in [5.41, 5.74) is 2.50. The number of esters is 1. The van der Waals surface area contributed by atoms with Crippen LogP contribution in [-0.2, 0) is 14.3 Å². The van der Waals surface area contributed by atoms with Gasteiger partial charge in [0.05, 0.1) is 19.8 Å². The fraction of sp³-hybridized carbons (Fsp3) is 0.190. The molecule has 0 N–H and O–H groups in total. The van der Waals surface area contributed by atoms with E-state index in [2.05, 4.69) is 11.4 Å². The molecule has 0 saturated heterocycles. The smallest absolute Gasteiger partial charge is 0.463 e. The number of hydrogen-bond acceptors (Lipinski definition) is 5. The van der Waals surface area contributed by atoms with E-state index < -0.39 is 12.1 Å². The Kier molecular flexibility index (Phi) is 7.61. The molecule has 2 aromatic carbocycles. The number of rotatable bonds is 8. The molecule has 0 aliphatic rings. The van der Waals surface area contributed by atoms with E-state index in [1.807, 2.05) is 24.3 Å². The lowest BCUT2D eigenvalue weighted by Gasteiger charge is -2.07. The Morgan fingerprint density at radius 3 is 2.04 bits per heavy atom. The van der Waals surface area contributed by atoms with Crippen LogP contribution in [0.5, 0.6) is 5.75 Å². The topological polar surface area (TPSA) is 66.2 Å². The summed E-state index contributed by atoms with van der Waals surface area (Å²) in [5.74, 6) is -0.0949. The van der Waals surface area contributed by atoms with Crippen LogP contribution in [0.25, 0.3) is 16.0 Å². The van der Waals surface area contributed by atoms with Gasteiger partial charge in [-0.3, -0.25) is 0 Å². The third-order valence-corrected chi connectivity index (χ3v) is 3.55. The highest BCUT2D eigenvalue weighted by molar-refractivity contribution is 5.81. The molecule has 0 aliphatic carbocycles. The Bertz CT molecular complexity index is 819. The van der Waals surface area contributed by atoms with Crippen LogP contribution >= 0.6 is 0 Å². The highest BCUT2D eigenvalue weighted by Gasteiger charge is 2.07. The highest BCUT2D eigenvalue weighted by atomic mass is 16.7. The quantitative estimate of drug-likeness (QED) is 0.218. The molecule has 6 heteroatoms. The fourth-order valence-corrected chi connectivity index (χ4v) is 2.16. The van der Waals surface area contributed by atoms with Gasteiger partial charge in [-0.2, -0.15) is 0 Å². The molecule has 2 aromatic rings. The number of hydrogen-bond donors (Lipinski definition) is 0. The van der Waals surface area contributed by atoms with Gasteiger partial charge in [-0.25, -0.2) is 14.4 Å². The van der Waals surface area contributed by atoms with Crippen molar-refractivity contribution in [3.8, 4) is 16.9 Å². The molecule has 0 amide bonds. The van der Waals surface area contributed by atoms with E-state index in [0.717, 1.165) is 17.2 Å². The Morgan fingerprint density at radius 1 is 0.926 bits per heavy atom. The summed E-state index contributed by atoms with van der Waals surface area (Å²) >= 11 is 0. The molecule has 27 heavy (non-hydrogen) atoms. The van der Waals surface area contributed by atoms with Crippen LogP contribution in [0.4, 0.5) is 10.5 Å². The van der Waals surface area contributed by atoms with Gasteiger partial charge in [-0.1, -0.05) is 43.0 Å². The number of carbonyl (C=O) groups is 2. The normalized spacial score (nSPS) is 9.74. The molecule has 0 atom stereocenters. The molecule has 0 aromatic heterocycles. The van der Waals surface area contributed by atoms with Gasteiger partial charge in [0.2, 0.25) is 0 Å². The van der Waals surface area contributed by atoms with Gasteiger partial charge < -0.3 is 14.2 Å². The first-order valence-electron chi connectivity index (χ1n) is 8.34. The first-order chi connectivity index (χ1) is 13.1. The van der Waals surface area contributed by atoms with E-state index in [-0.39, 0.29) is 13.2 Å². The predicted molar refractivity (Wildman–Crippen MR) is 101 cm³/mol. The van der Waals surface area contributed by atoms with E-state index >= 15 is 0 Å². The molecule has 0 aliphatic heterocycles. The van der Waals surface area contributed by atoms with Crippen molar-refractivity contribution in [3.05, 3.63) is 72.6 Å². The molecule has 2 rings (SSSR count). The van der Waals surface area contributed by atoms with Gasteiger partial charge >= 0.3 is 12.1 Å². The number of nitrogens with zero attached hydrogens (tertiary/aromatic N) is 1. The Morgan fingerprint density at radius 2 is 1.48 bits per heavy atom. The maximum absolute atomic E-state index is 11.7. The molecule has 138 valence electrons. The number of unbranched alkanes of at least 4 members (excludes halogenated alkanes) is 1. The average molecular weight is 365 g/mol. The zero-order valence-electron chi connectivity index (χ0n) is 14.7. The minimum atomic E-state index is -0.785. The molecule has 0 radical (unpaired) electrons. The Balaban J connectivity index is 1.73. The number of ether oxygens (including phenoxy) is 3. The minimum Gasteiger partial charge on any atom is -0.463 e. The van der Waals surface area contributed by atoms with Gasteiger partial charge in [-0.15, -0.1) is 0 Å². The molecule has 0 heterocycles. The molecule has 0 unspecified atom stereocenters. The summed E-state index contributed by atoms with van der Waals surface area (Å²) in [7, 11) is 0. The van der Waals surface area contributed by atoms with Crippen molar-refractivity contribution in [1.29, 1.82) is 0 Å². The van der Waals surface area contributed by atoms with Crippen LogP contribution in [0.3, 0.4) is 0 Å². The lowest BCUT2D eigenvalue weighted by molar-refractivity contribution is -0.137. The Hall–Kier alpha value is -3.59. The van der Waals surface area contributed by atoms with Gasteiger partial charge in [0.1, 0.15) is 5.75 Å². The average Bonchev–Trinajstić information content (AvgIpc) is 2.71. The SMILES string of the molecule is [C-]#[N+]c1ccc(-c2ccc(OC(=O)OCCCCOC(=O)C=C)cc2)cc1. The summed E-state index contributed by atoms with van der Waals surface area (Å²) in [4.78, 5) is 25.9. The van der Waals surface area contributed by atoms with Gasteiger partial charge in [0.15, 0.2) is 5.69 Å². The van der Waals surface area contributed by atoms with Crippen LogP contribution in [0.15, 0.2) is 61.2 Å². The molecule has 0 fully saturated rings. The van der Waals surface area contributed by atoms with E-state index in [0.29, 0.717) is 24.3 Å². The maximum atomic E-state index is 11.7. The largest absolute Gasteiger partial charge is 0.513 e. The maximum Gasteiger partial charge on any atom is 0.513 e. The summed E-state index contributed by atoms with van der Waals surface area (Å²) in [6, 6.07) is 14.2. The third-order valence-electron chi connectivity index (χ3n) is 3.55. The second-order valence-corrected chi connectivity index (χ2v) is 5.46. The van der Waals surface area contributed by atoms with Crippen LogP contribution in [0.2, 0.25) is 0 Å². The summed E-state index contributed by atoms with van der Waals surface area (Å²) in [6.45, 7) is 10.7. The summed E-state index contributed by atoms with van der Waals surface area (Å²) in [6.07, 6.45) is 1.45. The van der Waals surface area contributed by atoms with Crippen molar-refractivity contribution >= 4 is 17.8 Å². The zero-order chi connectivity index (χ0) is 19.5. The zero-order valence-corrected chi connectivity index (χ0v) is 14.7. The van der Waals surface area contributed by atoms with Crippen LogP contribution in [0, 0.1) is 6.57 Å².